The number of hydrogen-bond acceptors (Lipinski definition) is 1. The zero-order chi connectivity index (χ0) is 7.35. The highest BCUT2D eigenvalue weighted by molar-refractivity contribution is 5.10. The van der Waals surface area contributed by atoms with E-state index in [1.165, 1.54) is 19.4 Å². The Morgan fingerprint density at radius 1 is 1.40 bits per heavy atom. The molecule has 2 bridgehead atoms. The highest BCUT2D eigenvalue weighted by Crippen LogP contribution is 2.53. The van der Waals surface area contributed by atoms with Crippen LogP contribution in [0.2, 0.25) is 0 Å². The lowest BCUT2D eigenvalue weighted by molar-refractivity contribution is 0.0745. The van der Waals surface area contributed by atoms with Crippen LogP contribution in [0.15, 0.2) is 0 Å². The molecule has 0 spiro atoms. The van der Waals surface area contributed by atoms with Gasteiger partial charge in [0.1, 0.15) is 0 Å². The summed E-state index contributed by atoms with van der Waals surface area (Å²) in [6.07, 6.45) is 2.95. The Morgan fingerprint density at radius 2 is 2.00 bits per heavy atom. The van der Waals surface area contributed by atoms with Gasteiger partial charge < -0.3 is 4.90 Å². The maximum absolute atomic E-state index is 2.57. The van der Waals surface area contributed by atoms with Gasteiger partial charge in [0.25, 0.3) is 0 Å². The fourth-order valence-electron chi connectivity index (χ4n) is 2.86. The topological polar surface area (TPSA) is 3.24 Å². The first-order chi connectivity index (χ1) is 4.65. The van der Waals surface area contributed by atoms with Crippen molar-refractivity contribution in [3.63, 3.8) is 0 Å². The smallest absolute Gasteiger partial charge is 0.0235 e. The van der Waals surface area contributed by atoms with E-state index in [1.807, 2.05) is 0 Å². The van der Waals surface area contributed by atoms with E-state index < -0.39 is 0 Å². The molecule has 1 aliphatic carbocycles. The molecule has 0 atom stereocenters. The maximum atomic E-state index is 2.57. The molecule has 10 heavy (non-hydrogen) atoms. The highest BCUT2D eigenvalue weighted by atomic mass is 15.2. The van der Waals surface area contributed by atoms with Gasteiger partial charge in [0, 0.05) is 12.1 Å². The van der Waals surface area contributed by atoms with E-state index in [0.717, 1.165) is 11.8 Å². The van der Waals surface area contributed by atoms with E-state index in [2.05, 4.69) is 25.8 Å². The Bertz CT molecular complexity index is 145. The molecule has 0 radical (unpaired) electrons. The van der Waals surface area contributed by atoms with E-state index in [4.69, 9.17) is 0 Å². The largest absolute Gasteiger partial charge is 0.300 e. The summed E-state index contributed by atoms with van der Waals surface area (Å²) in [6, 6.07) is 0. The van der Waals surface area contributed by atoms with Gasteiger partial charge in [-0.3, -0.25) is 0 Å². The van der Waals surface area contributed by atoms with Gasteiger partial charge in [0.15, 0.2) is 0 Å². The first kappa shape index (κ1) is 6.66. The number of fused-ring (bicyclic) bond motifs is 1. The SMILES string of the molecule is CC(C)C12CC(CN1C)C2. The molecule has 3 aliphatic rings. The van der Waals surface area contributed by atoms with Crippen LogP contribution in [0.25, 0.3) is 0 Å². The number of hydrogen-bond donors (Lipinski definition) is 0. The van der Waals surface area contributed by atoms with Gasteiger partial charge in [0.2, 0.25) is 0 Å². The Morgan fingerprint density at radius 3 is 2.20 bits per heavy atom. The molecule has 58 valence electrons. The summed E-state index contributed by atoms with van der Waals surface area (Å²) in [5.41, 5.74) is 0.630. The lowest BCUT2D eigenvalue weighted by atomic mass is 9.67. The summed E-state index contributed by atoms with van der Waals surface area (Å²) in [6.45, 7) is 6.08. The molecule has 1 nitrogen and oxygen atoms in total. The molecule has 0 aromatic heterocycles. The van der Waals surface area contributed by atoms with Crippen molar-refractivity contribution in [3.05, 3.63) is 0 Å². The Labute approximate surface area is 63.4 Å². The first-order valence-corrected chi connectivity index (χ1v) is 4.36. The first-order valence-electron chi connectivity index (χ1n) is 4.36. The third kappa shape index (κ3) is 0.572. The van der Waals surface area contributed by atoms with Crippen molar-refractivity contribution in [1.29, 1.82) is 0 Å². The molecule has 3 rings (SSSR count). The zero-order valence-corrected chi connectivity index (χ0v) is 7.22. The molecule has 0 unspecified atom stereocenters. The van der Waals surface area contributed by atoms with Gasteiger partial charge in [-0.05, 0) is 31.7 Å². The van der Waals surface area contributed by atoms with Crippen molar-refractivity contribution in [2.24, 2.45) is 11.8 Å². The zero-order valence-electron chi connectivity index (χ0n) is 7.22. The molecule has 2 aliphatic heterocycles. The van der Waals surface area contributed by atoms with Crippen LogP contribution in [0.4, 0.5) is 0 Å². The molecular weight excluding hydrogens is 122 g/mol. The Balaban J connectivity index is 2.17. The predicted molar refractivity (Wildman–Crippen MR) is 42.9 cm³/mol. The van der Waals surface area contributed by atoms with Crippen LogP contribution in [0.1, 0.15) is 26.7 Å². The van der Waals surface area contributed by atoms with Crippen molar-refractivity contribution in [3.8, 4) is 0 Å². The van der Waals surface area contributed by atoms with E-state index in [-0.39, 0.29) is 0 Å². The van der Waals surface area contributed by atoms with Crippen LogP contribution in [0, 0.1) is 11.8 Å². The summed E-state index contributed by atoms with van der Waals surface area (Å²) >= 11 is 0. The van der Waals surface area contributed by atoms with Gasteiger partial charge in [-0.2, -0.15) is 0 Å². The molecule has 0 N–H and O–H groups in total. The summed E-state index contributed by atoms with van der Waals surface area (Å²) in [4.78, 5) is 2.57. The van der Waals surface area contributed by atoms with Crippen molar-refractivity contribution in [2.45, 2.75) is 32.2 Å². The lowest BCUT2D eigenvalue weighted by Crippen LogP contribution is -2.48. The van der Waals surface area contributed by atoms with Gasteiger partial charge >= 0.3 is 0 Å². The van der Waals surface area contributed by atoms with Crippen LogP contribution in [0.3, 0.4) is 0 Å². The van der Waals surface area contributed by atoms with Crippen LogP contribution in [-0.4, -0.2) is 24.0 Å². The molecule has 1 heteroatoms. The van der Waals surface area contributed by atoms with E-state index in [9.17, 15) is 0 Å². The lowest BCUT2D eigenvalue weighted by Gasteiger charge is -2.44. The highest BCUT2D eigenvalue weighted by Gasteiger charge is 2.55. The second-order valence-electron chi connectivity index (χ2n) is 4.41. The Hall–Kier alpha value is -0.0400. The van der Waals surface area contributed by atoms with Gasteiger partial charge in [-0.1, -0.05) is 13.8 Å². The number of rotatable bonds is 1. The second kappa shape index (κ2) is 1.76. The summed E-state index contributed by atoms with van der Waals surface area (Å²) < 4.78 is 0. The average Bonchev–Trinajstić information content (AvgIpc) is 2.15. The maximum Gasteiger partial charge on any atom is 0.0235 e. The minimum Gasteiger partial charge on any atom is -0.300 e. The summed E-state index contributed by atoms with van der Waals surface area (Å²) in [5.74, 6) is 1.91. The standard InChI is InChI=1S/C9H17N/c1-7(2)9-4-8(5-9)6-10(9)3/h7-8H,4-6H2,1-3H3. The normalized spacial score (nSPS) is 46.2. The summed E-state index contributed by atoms with van der Waals surface area (Å²) in [5, 5.41) is 0. The summed E-state index contributed by atoms with van der Waals surface area (Å²) in [7, 11) is 2.28. The van der Waals surface area contributed by atoms with Gasteiger partial charge in [-0.15, -0.1) is 0 Å². The van der Waals surface area contributed by atoms with E-state index >= 15 is 0 Å². The van der Waals surface area contributed by atoms with Crippen LogP contribution in [0.5, 0.6) is 0 Å². The fourth-order valence-corrected chi connectivity index (χ4v) is 2.86. The molecule has 0 aromatic rings. The van der Waals surface area contributed by atoms with Crippen molar-refractivity contribution >= 4 is 0 Å². The fraction of sp³-hybridized carbons (Fsp3) is 1.00. The third-order valence-electron chi connectivity index (χ3n) is 3.65. The third-order valence-corrected chi connectivity index (χ3v) is 3.65. The van der Waals surface area contributed by atoms with Crippen LogP contribution >= 0.6 is 0 Å². The van der Waals surface area contributed by atoms with Gasteiger partial charge in [-0.25, -0.2) is 0 Å². The van der Waals surface area contributed by atoms with Crippen LogP contribution in [-0.2, 0) is 0 Å². The van der Waals surface area contributed by atoms with Gasteiger partial charge in [0.05, 0.1) is 0 Å². The molecule has 1 saturated carbocycles. The molecule has 0 amide bonds. The van der Waals surface area contributed by atoms with Crippen molar-refractivity contribution in [1.82, 2.24) is 4.90 Å². The molecule has 0 aromatic carbocycles. The van der Waals surface area contributed by atoms with E-state index in [1.54, 1.807) is 0 Å². The Kier molecular flexibility index (Phi) is 1.17. The molecule has 3 fully saturated rings. The number of nitrogens with zero attached hydrogens (tertiary/aromatic N) is 1. The van der Waals surface area contributed by atoms with Crippen molar-refractivity contribution < 1.29 is 0 Å². The second-order valence-corrected chi connectivity index (χ2v) is 4.41. The van der Waals surface area contributed by atoms with Crippen LogP contribution < -0.4 is 0 Å². The molecule has 2 heterocycles. The van der Waals surface area contributed by atoms with E-state index in [0.29, 0.717) is 5.54 Å². The minimum atomic E-state index is 0.630. The monoisotopic (exact) mass is 139 g/mol. The quantitative estimate of drug-likeness (QED) is 0.535. The average molecular weight is 139 g/mol. The minimum absolute atomic E-state index is 0.630. The van der Waals surface area contributed by atoms with Crippen molar-refractivity contribution in [2.75, 3.05) is 13.6 Å². The predicted octanol–water partition coefficient (Wildman–Crippen LogP) is 1.74. The molecular formula is C9H17N. The molecule has 2 saturated heterocycles.